The summed E-state index contributed by atoms with van der Waals surface area (Å²) in [7, 11) is 0. The molecule has 1 aromatic rings. The second-order valence-electron chi connectivity index (χ2n) is 3.36. The average molecular weight is 236 g/mol. The molecule has 2 rings (SSSR count). The number of halogens is 1. The molecule has 1 heterocycles. The highest BCUT2D eigenvalue weighted by Gasteiger charge is 2.19. The number of carbonyl (C=O) groups excluding carboxylic acids is 2. The Labute approximate surface area is 95.9 Å². The lowest BCUT2D eigenvalue weighted by Gasteiger charge is -2.14. The standard InChI is InChI=1S/C10H9FN4O2/c11-6-1-3-7(4-2-6)14-15-8-5-9(16)13-10(17)12-8/h1-4,14H,5H2,(H2,12,13,15,16,17). The summed E-state index contributed by atoms with van der Waals surface area (Å²) in [5.74, 6) is -0.565. The largest absolute Gasteiger partial charge is 0.326 e. The van der Waals surface area contributed by atoms with Crippen LogP contribution in [0.15, 0.2) is 29.4 Å². The van der Waals surface area contributed by atoms with Crippen molar-refractivity contribution in [3.8, 4) is 0 Å². The van der Waals surface area contributed by atoms with Gasteiger partial charge in [0, 0.05) is 0 Å². The second kappa shape index (κ2) is 4.60. The zero-order chi connectivity index (χ0) is 12.3. The summed E-state index contributed by atoms with van der Waals surface area (Å²) in [6.07, 6.45) is -0.0140. The molecule has 0 unspecified atom stereocenters. The molecule has 1 aliphatic heterocycles. The summed E-state index contributed by atoms with van der Waals surface area (Å²) in [5, 5.41) is 8.27. The smallest absolute Gasteiger partial charge is 0.294 e. The van der Waals surface area contributed by atoms with Gasteiger partial charge in [0.2, 0.25) is 5.91 Å². The molecule has 1 saturated heterocycles. The van der Waals surface area contributed by atoms with E-state index < -0.39 is 11.9 Å². The van der Waals surface area contributed by atoms with Crippen LogP contribution < -0.4 is 16.1 Å². The molecule has 7 heteroatoms. The first-order valence-corrected chi connectivity index (χ1v) is 4.82. The monoisotopic (exact) mass is 236 g/mol. The van der Waals surface area contributed by atoms with Gasteiger partial charge in [-0.15, -0.1) is 0 Å². The number of carbonyl (C=O) groups is 2. The number of benzene rings is 1. The Morgan fingerprint density at radius 3 is 2.53 bits per heavy atom. The Kier molecular flexibility index (Phi) is 2.99. The normalized spacial score (nSPS) is 17.6. The van der Waals surface area contributed by atoms with E-state index in [0.717, 1.165) is 0 Å². The minimum Gasteiger partial charge on any atom is -0.294 e. The lowest BCUT2D eigenvalue weighted by Crippen LogP contribution is -2.50. The van der Waals surface area contributed by atoms with Gasteiger partial charge >= 0.3 is 6.03 Å². The van der Waals surface area contributed by atoms with Gasteiger partial charge in [0.05, 0.1) is 12.1 Å². The molecular formula is C10H9FN4O2. The molecule has 3 N–H and O–H groups in total. The van der Waals surface area contributed by atoms with E-state index in [4.69, 9.17) is 0 Å². The van der Waals surface area contributed by atoms with Crippen LogP contribution >= 0.6 is 0 Å². The van der Waals surface area contributed by atoms with E-state index in [9.17, 15) is 14.0 Å². The topological polar surface area (TPSA) is 82.6 Å². The lowest BCUT2D eigenvalue weighted by atomic mass is 10.3. The van der Waals surface area contributed by atoms with E-state index in [-0.39, 0.29) is 18.1 Å². The molecule has 1 aliphatic rings. The molecule has 88 valence electrons. The van der Waals surface area contributed by atoms with Crippen LogP contribution in [0, 0.1) is 5.82 Å². The third-order valence-corrected chi connectivity index (χ3v) is 2.00. The number of urea groups is 1. The maximum atomic E-state index is 12.6. The van der Waals surface area contributed by atoms with Crippen LogP contribution in [0.5, 0.6) is 0 Å². The maximum Gasteiger partial charge on any atom is 0.326 e. The van der Waals surface area contributed by atoms with E-state index >= 15 is 0 Å². The van der Waals surface area contributed by atoms with Gasteiger partial charge in [-0.05, 0) is 24.3 Å². The minimum atomic E-state index is -0.610. The number of anilines is 1. The van der Waals surface area contributed by atoms with Crippen molar-refractivity contribution in [2.24, 2.45) is 5.10 Å². The molecule has 0 aromatic heterocycles. The number of nitrogens with zero attached hydrogens (tertiary/aromatic N) is 1. The molecular weight excluding hydrogens is 227 g/mol. The van der Waals surface area contributed by atoms with Crippen molar-refractivity contribution in [3.63, 3.8) is 0 Å². The molecule has 1 fully saturated rings. The first kappa shape index (κ1) is 11.1. The van der Waals surface area contributed by atoms with Crippen molar-refractivity contribution in [1.29, 1.82) is 0 Å². The van der Waals surface area contributed by atoms with Gasteiger partial charge in [0.15, 0.2) is 0 Å². The van der Waals surface area contributed by atoms with Crippen LogP contribution in [0.4, 0.5) is 14.9 Å². The van der Waals surface area contributed by atoms with Crippen molar-refractivity contribution >= 4 is 23.5 Å². The molecule has 0 radical (unpaired) electrons. The summed E-state index contributed by atoms with van der Waals surface area (Å²) in [4.78, 5) is 21.9. The Morgan fingerprint density at radius 1 is 1.18 bits per heavy atom. The molecule has 0 spiro atoms. The van der Waals surface area contributed by atoms with Gasteiger partial charge in [0.1, 0.15) is 11.7 Å². The van der Waals surface area contributed by atoms with E-state index in [1.165, 1.54) is 24.3 Å². The molecule has 3 amide bonds. The SMILES string of the molecule is O=C1CC(=NNc2ccc(F)cc2)NC(=O)N1. The molecule has 6 nitrogen and oxygen atoms in total. The highest BCUT2D eigenvalue weighted by molar-refractivity contribution is 6.16. The van der Waals surface area contributed by atoms with Gasteiger partial charge < -0.3 is 0 Å². The Morgan fingerprint density at radius 2 is 1.88 bits per heavy atom. The number of amides is 3. The predicted octanol–water partition coefficient (Wildman–Crippen LogP) is 0.781. The Bertz CT molecular complexity index is 466. The van der Waals surface area contributed by atoms with Gasteiger partial charge in [-0.25, -0.2) is 9.18 Å². The zero-order valence-electron chi connectivity index (χ0n) is 8.66. The summed E-state index contributed by atoms with van der Waals surface area (Å²) < 4.78 is 12.6. The average Bonchev–Trinajstić information content (AvgIpc) is 2.27. The van der Waals surface area contributed by atoms with Gasteiger partial charge in [-0.1, -0.05) is 0 Å². The fourth-order valence-electron chi connectivity index (χ4n) is 1.25. The van der Waals surface area contributed by atoms with Crippen LogP contribution in [0.2, 0.25) is 0 Å². The zero-order valence-corrected chi connectivity index (χ0v) is 8.66. The molecule has 0 atom stereocenters. The lowest BCUT2D eigenvalue weighted by molar-refractivity contribution is -0.119. The Hall–Kier alpha value is -2.44. The van der Waals surface area contributed by atoms with Gasteiger partial charge in [0.25, 0.3) is 0 Å². The van der Waals surface area contributed by atoms with Crippen LogP contribution in [-0.4, -0.2) is 17.8 Å². The van der Waals surface area contributed by atoms with Crippen molar-refractivity contribution in [2.45, 2.75) is 6.42 Å². The molecule has 17 heavy (non-hydrogen) atoms. The van der Waals surface area contributed by atoms with E-state index in [1.807, 2.05) is 0 Å². The fourth-order valence-corrected chi connectivity index (χ4v) is 1.25. The van der Waals surface area contributed by atoms with Gasteiger partial charge in [-0.2, -0.15) is 5.10 Å². The van der Waals surface area contributed by atoms with Crippen LogP contribution in [-0.2, 0) is 4.79 Å². The number of hydrogen-bond acceptors (Lipinski definition) is 4. The first-order valence-electron chi connectivity index (χ1n) is 4.82. The second-order valence-corrected chi connectivity index (χ2v) is 3.36. The summed E-state index contributed by atoms with van der Waals surface area (Å²) >= 11 is 0. The number of imide groups is 1. The number of amidine groups is 1. The van der Waals surface area contributed by atoms with E-state index in [0.29, 0.717) is 5.69 Å². The number of hydrogen-bond donors (Lipinski definition) is 3. The van der Waals surface area contributed by atoms with Crippen molar-refractivity contribution in [3.05, 3.63) is 30.1 Å². The Balaban J connectivity index is 2.02. The van der Waals surface area contributed by atoms with Gasteiger partial charge in [-0.3, -0.25) is 20.9 Å². The number of hydrazone groups is 1. The maximum absolute atomic E-state index is 12.6. The van der Waals surface area contributed by atoms with Crippen LogP contribution in [0.3, 0.4) is 0 Å². The predicted molar refractivity (Wildman–Crippen MR) is 58.7 cm³/mol. The fraction of sp³-hybridized carbons (Fsp3) is 0.100. The quantitative estimate of drug-likeness (QED) is 0.663. The summed E-state index contributed by atoms with van der Waals surface area (Å²) in [6.45, 7) is 0. The van der Waals surface area contributed by atoms with Crippen LogP contribution in [0.25, 0.3) is 0 Å². The third kappa shape index (κ3) is 3.00. The highest BCUT2D eigenvalue weighted by atomic mass is 19.1. The van der Waals surface area contributed by atoms with Crippen molar-refractivity contribution in [2.75, 3.05) is 5.43 Å². The minimum absolute atomic E-state index is 0.0140. The molecule has 0 aliphatic carbocycles. The number of nitrogens with one attached hydrogen (secondary N) is 3. The summed E-state index contributed by atoms with van der Waals surface area (Å²) in [5.41, 5.74) is 3.16. The molecule has 0 saturated carbocycles. The summed E-state index contributed by atoms with van der Waals surface area (Å²) in [6, 6.07) is 4.92. The highest BCUT2D eigenvalue weighted by Crippen LogP contribution is 2.08. The molecule has 1 aromatic carbocycles. The van der Waals surface area contributed by atoms with Crippen molar-refractivity contribution < 1.29 is 14.0 Å². The van der Waals surface area contributed by atoms with Crippen LogP contribution in [0.1, 0.15) is 6.42 Å². The van der Waals surface area contributed by atoms with E-state index in [1.54, 1.807) is 0 Å². The first-order chi connectivity index (χ1) is 8.13. The van der Waals surface area contributed by atoms with Crippen molar-refractivity contribution in [1.82, 2.24) is 10.6 Å². The third-order valence-electron chi connectivity index (χ3n) is 2.00. The number of rotatable bonds is 2. The molecule has 0 bridgehead atoms. The van der Waals surface area contributed by atoms with E-state index in [2.05, 4.69) is 21.2 Å².